The number of halogens is 1. The highest BCUT2D eigenvalue weighted by Crippen LogP contribution is 2.48. The fraction of sp³-hybridized carbons (Fsp3) is 0.417. The van der Waals surface area contributed by atoms with E-state index in [4.69, 9.17) is 27.2 Å². The molecular weight excluding hydrogens is 528 g/mol. The van der Waals surface area contributed by atoms with Gasteiger partial charge in [-0.05, 0) is 88.8 Å². The molecule has 0 aromatic heterocycles. The number of rotatable bonds is 6. The number of carboxylic acids is 1. The maximum absolute atomic E-state index is 11.0. The summed E-state index contributed by atoms with van der Waals surface area (Å²) in [5.41, 5.74) is 6.95. The Hall–Kier alpha value is -3.60. The first kappa shape index (κ1) is 31.9. The number of carbonyl (C=O) groups is 1. The second kappa shape index (κ2) is 14.9. The van der Waals surface area contributed by atoms with Crippen LogP contribution in [0.4, 0.5) is 0 Å². The molecule has 4 nitrogen and oxygen atoms in total. The molecule has 6 rings (SSSR count). The zero-order valence-electron chi connectivity index (χ0n) is 24.5. The summed E-state index contributed by atoms with van der Waals surface area (Å²) < 4.78 is 0. The average Bonchev–Trinajstić information content (AvgIpc) is 3.85. The topological polar surface area (TPSA) is 84.9 Å². The zero-order chi connectivity index (χ0) is 29.9. The van der Waals surface area contributed by atoms with E-state index in [1.165, 1.54) is 27.8 Å². The molecule has 0 atom stereocenters. The van der Waals surface area contributed by atoms with Gasteiger partial charge in [0.25, 0.3) is 0 Å². The van der Waals surface area contributed by atoms with Gasteiger partial charge in [-0.1, -0.05) is 89.5 Å². The van der Waals surface area contributed by atoms with Crippen molar-refractivity contribution in [2.24, 2.45) is 16.7 Å². The normalized spacial score (nSPS) is 16.4. The van der Waals surface area contributed by atoms with E-state index >= 15 is 0 Å². The van der Waals surface area contributed by atoms with Gasteiger partial charge in [0, 0.05) is 11.8 Å². The molecule has 0 radical (unpaired) electrons. The van der Waals surface area contributed by atoms with E-state index in [9.17, 15) is 4.79 Å². The lowest BCUT2D eigenvalue weighted by atomic mass is 9.96. The molecule has 0 unspecified atom stereocenters. The first-order chi connectivity index (χ1) is 19.6. The molecule has 0 heterocycles. The maximum atomic E-state index is 11.0. The van der Waals surface area contributed by atoms with Gasteiger partial charge in [-0.15, -0.1) is 11.6 Å². The molecule has 3 fully saturated rings. The number of alkyl halides is 1. The molecule has 3 aromatic carbocycles. The van der Waals surface area contributed by atoms with Crippen LogP contribution in [0.25, 0.3) is 0 Å². The number of carboxylic acid groups (broad SMARTS) is 1. The maximum Gasteiger partial charge on any atom is 0.309 e. The first-order valence-electron chi connectivity index (χ1n) is 14.4. The van der Waals surface area contributed by atoms with E-state index < -0.39 is 11.4 Å². The molecule has 0 saturated heterocycles. The van der Waals surface area contributed by atoms with E-state index in [0.717, 1.165) is 50.5 Å². The summed E-state index contributed by atoms with van der Waals surface area (Å²) in [6.45, 7) is 6.19. The zero-order valence-corrected chi connectivity index (χ0v) is 25.3. The Morgan fingerprint density at radius 3 is 1.44 bits per heavy atom. The quantitative estimate of drug-likeness (QED) is 0.301. The Morgan fingerprint density at radius 1 is 0.756 bits per heavy atom. The van der Waals surface area contributed by atoms with Crippen molar-refractivity contribution in [2.75, 3.05) is 0 Å². The number of benzene rings is 3. The van der Waals surface area contributed by atoms with Gasteiger partial charge >= 0.3 is 5.97 Å². The van der Waals surface area contributed by atoms with Gasteiger partial charge in [0.05, 0.1) is 23.0 Å². The fourth-order valence-electron chi connectivity index (χ4n) is 4.18. The number of aryl methyl sites for hydroxylation is 3. The second-order valence-corrected chi connectivity index (χ2v) is 12.1. The summed E-state index contributed by atoms with van der Waals surface area (Å²) in [6, 6.07) is 29.4. The first-order valence-corrected chi connectivity index (χ1v) is 14.9. The minimum atomic E-state index is -0.641. The van der Waals surface area contributed by atoms with E-state index in [1.807, 2.05) is 43.3 Å². The smallest absolute Gasteiger partial charge is 0.309 e. The molecule has 0 bridgehead atoms. The van der Waals surface area contributed by atoms with E-state index in [2.05, 4.69) is 62.4 Å². The molecule has 1 N–H and O–H groups in total. The van der Waals surface area contributed by atoms with Crippen LogP contribution in [0.3, 0.4) is 0 Å². The van der Waals surface area contributed by atoms with Crippen LogP contribution >= 0.6 is 11.6 Å². The summed E-state index contributed by atoms with van der Waals surface area (Å²) in [5.74, 6) is 0.411. The highest BCUT2D eigenvalue weighted by atomic mass is 35.5. The van der Waals surface area contributed by atoms with E-state index in [-0.39, 0.29) is 5.41 Å². The van der Waals surface area contributed by atoms with Crippen molar-refractivity contribution in [2.45, 2.75) is 78.0 Å². The molecule has 3 aromatic rings. The standard InChI is InChI=1S/C12H13N.C12H14O2.C8H9Cl.C4H5N/c1-10-2-4-11(5-3-10)8-12(9-13)6-7-12;1-9-2-4-10(5-3-9)8-12(6-7-12)11(13)14;1-7-2-4-8(6-9)5-3-7;5-3-4-1-2-4/h2-5H,6-8H2,1H3;2-5H,6-8H2,1H3,(H,13,14);2-5H,6H2,1H3;4H,1-2H2. The third-order valence-electron chi connectivity index (χ3n) is 7.76. The van der Waals surface area contributed by atoms with Gasteiger partial charge in [-0.25, -0.2) is 0 Å². The summed E-state index contributed by atoms with van der Waals surface area (Å²) in [7, 11) is 0. The number of hydrogen-bond acceptors (Lipinski definition) is 3. The van der Waals surface area contributed by atoms with Crippen molar-refractivity contribution in [3.63, 3.8) is 0 Å². The lowest BCUT2D eigenvalue weighted by Crippen LogP contribution is -2.17. The summed E-state index contributed by atoms with van der Waals surface area (Å²) in [4.78, 5) is 11.0. The van der Waals surface area contributed by atoms with Crippen molar-refractivity contribution < 1.29 is 9.90 Å². The van der Waals surface area contributed by atoms with Crippen molar-refractivity contribution in [1.82, 2.24) is 0 Å². The Morgan fingerprint density at radius 2 is 1.17 bits per heavy atom. The third kappa shape index (κ3) is 11.1. The van der Waals surface area contributed by atoms with Crippen LogP contribution in [-0.2, 0) is 23.5 Å². The minimum absolute atomic E-state index is 0.00470. The lowest BCUT2D eigenvalue weighted by molar-refractivity contribution is -0.143. The SMILES string of the molecule is Cc1ccc(CC2(C#N)CC2)cc1.Cc1ccc(CC2(C(=O)O)CC2)cc1.Cc1ccc(CCl)cc1.N#CC1CC1. The van der Waals surface area contributed by atoms with Crippen LogP contribution in [0.15, 0.2) is 72.8 Å². The molecule has 0 spiro atoms. The van der Waals surface area contributed by atoms with Crippen LogP contribution in [0, 0.1) is 60.2 Å². The molecular formula is C36H41ClN2O2. The van der Waals surface area contributed by atoms with Gasteiger partial charge in [0.1, 0.15) is 0 Å². The van der Waals surface area contributed by atoms with Crippen molar-refractivity contribution in [3.05, 3.63) is 106 Å². The van der Waals surface area contributed by atoms with Crippen molar-refractivity contribution in [1.29, 1.82) is 10.5 Å². The molecule has 0 amide bonds. The highest BCUT2D eigenvalue weighted by Gasteiger charge is 2.49. The molecule has 3 saturated carbocycles. The Bertz CT molecular complexity index is 1340. The molecule has 3 aliphatic rings. The van der Waals surface area contributed by atoms with Crippen LogP contribution in [0.1, 0.15) is 71.9 Å². The van der Waals surface area contributed by atoms with E-state index in [1.54, 1.807) is 0 Å². The Labute approximate surface area is 250 Å². The molecule has 214 valence electrons. The van der Waals surface area contributed by atoms with Crippen molar-refractivity contribution in [3.8, 4) is 12.1 Å². The fourth-order valence-corrected chi connectivity index (χ4v) is 4.36. The van der Waals surface area contributed by atoms with Crippen molar-refractivity contribution >= 4 is 17.6 Å². The Balaban J connectivity index is 0.000000159. The van der Waals surface area contributed by atoms with Gasteiger partial charge in [0.2, 0.25) is 0 Å². The number of hydrogen-bond donors (Lipinski definition) is 1. The highest BCUT2D eigenvalue weighted by molar-refractivity contribution is 6.17. The van der Waals surface area contributed by atoms with Crippen LogP contribution in [0.2, 0.25) is 0 Å². The molecule has 41 heavy (non-hydrogen) atoms. The summed E-state index contributed by atoms with van der Waals surface area (Å²) in [5, 5.41) is 25.9. The van der Waals surface area contributed by atoms with Gasteiger partial charge in [-0.3, -0.25) is 4.79 Å². The minimum Gasteiger partial charge on any atom is -0.481 e. The number of nitrogens with zero attached hydrogens (tertiary/aromatic N) is 2. The van der Waals surface area contributed by atoms with Crippen LogP contribution in [0.5, 0.6) is 0 Å². The van der Waals surface area contributed by atoms with Gasteiger partial charge in [-0.2, -0.15) is 10.5 Å². The third-order valence-corrected chi connectivity index (χ3v) is 8.07. The number of nitriles is 2. The molecule has 0 aliphatic heterocycles. The van der Waals surface area contributed by atoms with Crippen LogP contribution < -0.4 is 0 Å². The van der Waals surface area contributed by atoms with Gasteiger partial charge < -0.3 is 5.11 Å². The number of aliphatic carboxylic acids is 1. The van der Waals surface area contributed by atoms with Crippen LogP contribution in [-0.4, -0.2) is 11.1 Å². The largest absolute Gasteiger partial charge is 0.481 e. The monoisotopic (exact) mass is 568 g/mol. The average molecular weight is 569 g/mol. The van der Waals surface area contributed by atoms with E-state index in [0.29, 0.717) is 18.2 Å². The predicted molar refractivity (Wildman–Crippen MR) is 165 cm³/mol. The van der Waals surface area contributed by atoms with Gasteiger partial charge in [0.15, 0.2) is 0 Å². The summed E-state index contributed by atoms with van der Waals surface area (Å²) in [6.07, 6.45) is 7.74. The predicted octanol–water partition coefficient (Wildman–Crippen LogP) is 8.90. The molecule has 3 aliphatic carbocycles. The molecule has 5 heteroatoms. The lowest BCUT2D eigenvalue weighted by Gasteiger charge is -2.09. The Kier molecular flexibility index (Phi) is 11.6. The summed E-state index contributed by atoms with van der Waals surface area (Å²) >= 11 is 5.58. The second-order valence-electron chi connectivity index (χ2n) is 11.8.